The van der Waals surface area contributed by atoms with Crippen LogP contribution in [0, 0.1) is 6.92 Å². The number of hydrogen-bond donors (Lipinski definition) is 1. The maximum Gasteiger partial charge on any atom is 0.264 e. The Hall–Kier alpha value is -3.76. The minimum absolute atomic E-state index is 0.0124. The van der Waals surface area contributed by atoms with E-state index in [0.29, 0.717) is 11.3 Å². The van der Waals surface area contributed by atoms with E-state index >= 15 is 0 Å². The van der Waals surface area contributed by atoms with Gasteiger partial charge in [0.05, 0.1) is 24.8 Å². The van der Waals surface area contributed by atoms with Gasteiger partial charge in [-0.15, -0.1) is 0 Å². The standard InChI is InChI=1S/C28H32ClN3O6S/c1-19-9-12-24(13-10-19)39(35,36)32(25-16-22(29)11-14-26(25)38-5)18-27(33)31(20(2)28(34)30-3)17-21-7-6-8-23(15-21)37-4/h6-16,20H,17-18H2,1-5H3,(H,30,34). The van der Waals surface area contributed by atoms with Crippen molar-refractivity contribution in [3.8, 4) is 11.5 Å². The zero-order valence-corrected chi connectivity index (χ0v) is 24.0. The molecule has 1 unspecified atom stereocenters. The van der Waals surface area contributed by atoms with Crippen LogP contribution in [0.3, 0.4) is 0 Å². The summed E-state index contributed by atoms with van der Waals surface area (Å²) in [7, 11) is 0.139. The first-order valence-electron chi connectivity index (χ1n) is 12.1. The Morgan fingerprint density at radius 3 is 2.31 bits per heavy atom. The van der Waals surface area contributed by atoms with Crippen LogP contribution in [-0.2, 0) is 26.2 Å². The summed E-state index contributed by atoms with van der Waals surface area (Å²) < 4.78 is 39.6. The Kier molecular flexibility index (Phi) is 9.82. The smallest absolute Gasteiger partial charge is 0.264 e. The number of rotatable bonds is 11. The monoisotopic (exact) mass is 573 g/mol. The van der Waals surface area contributed by atoms with Gasteiger partial charge in [-0.05, 0) is 61.9 Å². The number of anilines is 1. The minimum atomic E-state index is -4.26. The molecule has 0 aromatic heterocycles. The average Bonchev–Trinajstić information content (AvgIpc) is 2.93. The predicted molar refractivity (Wildman–Crippen MR) is 151 cm³/mol. The molecule has 11 heteroatoms. The summed E-state index contributed by atoms with van der Waals surface area (Å²) in [6, 6.07) is 17.0. The van der Waals surface area contributed by atoms with E-state index in [2.05, 4.69) is 5.32 Å². The van der Waals surface area contributed by atoms with Crippen LogP contribution in [-0.4, -0.2) is 59.0 Å². The largest absolute Gasteiger partial charge is 0.497 e. The molecule has 0 bridgehead atoms. The number of carbonyl (C=O) groups is 2. The highest BCUT2D eigenvalue weighted by molar-refractivity contribution is 7.92. The molecule has 0 radical (unpaired) electrons. The Labute approximate surface area is 234 Å². The number of halogens is 1. The second kappa shape index (κ2) is 12.9. The lowest BCUT2D eigenvalue weighted by molar-refractivity contribution is -0.139. The lowest BCUT2D eigenvalue weighted by Crippen LogP contribution is -2.50. The van der Waals surface area contributed by atoms with Gasteiger partial charge in [0.1, 0.15) is 24.1 Å². The second-order valence-electron chi connectivity index (χ2n) is 8.80. The zero-order valence-electron chi connectivity index (χ0n) is 22.5. The molecular weight excluding hydrogens is 542 g/mol. The van der Waals surface area contributed by atoms with Crippen LogP contribution in [0.4, 0.5) is 5.69 Å². The summed E-state index contributed by atoms with van der Waals surface area (Å²) in [5.41, 5.74) is 1.67. The van der Waals surface area contributed by atoms with Crippen molar-refractivity contribution in [2.24, 2.45) is 0 Å². The maximum atomic E-state index is 13.9. The summed E-state index contributed by atoms with van der Waals surface area (Å²) in [5, 5.41) is 2.81. The van der Waals surface area contributed by atoms with Gasteiger partial charge >= 0.3 is 0 Å². The molecule has 0 spiro atoms. The van der Waals surface area contributed by atoms with Crippen molar-refractivity contribution in [3.63, 3.8) is 0 Å². The van der Waals surface area contributed by atoms with E-state index in [-0.39, 0.29) is 27.9 Å². The molecule has 0 aliphatic carbocycles. The molecule has 9 nitrogen and oxygen atoms in total. The molecule has 0 saturated carbocycles. The third-order valence-electron chi connectivity index (χ3n) is 6.20. The van der Waals surface area contributed by atoms with Crippen molar-refractivity contribution >= 4 is 39.1 Å². The molecule has 0 aliphatic rings. The van der Waals surface area contributed by atoms with Gasteiger partial charge in [0.2, 0.25) is 11.8 Å². The van der Waals surface area contributed by atoms with Gasteiger partial charge in [0.25, 0.3) is 10.0 Å². The Balaban J connectivity index is 2.10. The number of likely N-dealkylation sites (N-methyl/N-ethyl adjacent to an activating group) is 1. The number of methoxy groups -OCH3 is 2. The molecule has 2 amide bonds. The summed E-state index contributed by atoms with van der Waals surface area (Å²) >= 11 is 6.24. The lowest BCUT2D eigenvalue weighted by Gasteiger charge is -2.32. The molecule has 3 aromatic carbocycles. The van der Waals surface area contributed by atoms with Gasteiger partial charge in [-0.2, -0.15) is 0 Å². The number of sulfonamides is 1. The predicted octanol–water partition coefficient (Wildman–Crippen LogP) is 4.02. The number of nitrogens with zero attached hydrogens (tertiary/aromatic N) is 2. The summed E-state index contributed by atoms with van der Waals surface area (Å²) in [6.45, 7) is 2.85. The number of ether oxygens (including phenoxy) is 2. The molecule has 0 fully saturated rings. The molecule has 1 atom stereocenters. The SMILES string of the molecule is CNC(=O)C(C)N(Cc1cccc(OC)c1)C(=O)CN(c1cc(Cl)ccc1OC)S(=O)(=O)c1ccc(C)cc1. The van der Waals surface area contributed by atoms with Crippen LogP contribution in [0.5, 0.6) is 11.5 Å². The van der Waals surface area contributed by atoms with Crippen LogP contribution in [0.1, 0.15) is 18.1 Å². The second-order valence-corrected chi connectivity index (χ2v) is 11.1. The van der Waals surface area contributed by atoms with Gasteiger partial charge in [-0.25, -0.2) is 8.42 Å². The lowest BCUT2D eigenvalue weighted by atomic mass is 10.1. The zero-order chi connectivity index (χ0) is 28.7. The quantitative estimate of drug-likeness (QED) is 0.371. The summed E-state index contributed by atoms with van der Waals surface area (Å²) in [5.74, 6) is -0.215. The number of aryl methyl sites for hydroxylation is 1. The third-order valence-corrected chi connectivity index (χ3v) is 8.21. The number of nitrogens with one attached hydrogen (secondary N) is 1. The molecule has 3 rings (SSSR count). The van der Waals surface area contributed by atoms with E-state index in [1.54, 1.807) is 49.4 Å². The molecule has 39 heavy (non-hydrogen) atoms. The normalized spacial score (nSPS) is 11.8. The number of carbonyl (C=O) groups excluding carboxylic acids is 2. The Morgan fingerprint density at radius 1 is 1.00 bits per heavy atom. The fourth-order valence-electron chi connectivity index (χ4n) is 3.97. The first-order chi connectivity index (χ1) is 18.5. The molecule has 0 aliphatic heterocycles. The van der Waals surface area contributed by atoms with Gasteiger partial charge in [-0.1, -0.05) is 41.4 Å². The molecule has 3 aromatic rings. The van der Waals surface area contributed by atoms with Crippen LogP contribution in [0.15, 0.2) is 71.6 Å². The Bertz CT molecular complexity index is 1430. The van der Waals surface area contributed by atoms with Crippen LogP contribution >= 0.6 is 11.6 Å². The fraction of sp³-hybridized carbons (Fsp3) is 0.286. The number of amides is 2. The average molecular weight is 574 g/mol. The van der Waals surface area contributed by atoms with E-state index < -0.39 is 34.4 Å². The molecule has 208 valence electrons. The molecular formula is C28H32ClN3O6S. The molecule has 0 heterocycles. The number of hydrogen-bond acceptors (Lipinski definition) is 6. The van der Waals surface area contributed by atoms with E-state index in [4.69, 9.17) is 21.1 Å². The van der Waals surface area contributed by atoms with Gasteiger partial charge < -0.3 is 19.7 Å². The summed E-state index contributed by atoms with van der Waals surface area (Å²) in [4.78, 5) is 27.8. The van der Waals surface area contributed by atoms with Gasteiger partial charge in [-0.3, -0.25) is 13.9 Å². The van der Waals surface area contributed by atoms with E-state index in [9.17, 15) is 18.0 Å². The van der Waals surface area contributed by atoms with Crippen molar-refractivity contribution in [1.82, 2.24) is 10.2 Å². The highest BCUT2D eigenvalue weighted by Crippen LogP contribution is 2.35. The van der Waals surface area contributed by atoms with Crippen LogP contribution < -0.4 is 19.1 Å². The van der Waals surface area contributed by atoms with Gasteiger partial charge in [0.15, 0.2) is 0 Å². The Morgan fingerprint density at radius 2 is 1.69 bits per heavy atom. The van der Waals surface area contributed by atoms with Crippen LogP contribution in [0.2, 0.25) is 5.02 Å². The first kappa shape index (κ1) is 29.8. The van der Waals surface area contributed by atoms with Crippen molar-refractivity contribution in [3.05, 3.63) is 82.9 Å². The van der Waals surface area contributed by atoms with E-state index in [0.717, 1.165) is 9.87 Å². The van der Waals surface area contributed by atoms with E-state index in [1.165, 1.54) is 50.4 Å². The maximum absolute atomic E-state index is 13.9. The third kappa shape index (κ3) is 7.01. The molecule has 1 N–H and O–H groups in total. The first-order valence-corrected chi connectivity index (χ1v) is 13.9. The van der Waals surface area contributed by atoms with Crippen molar-refractivity contribution in [2.75, 3.05) is 32.1 Å². The van der Waals surface area contributed by atoms with E-state index in [1.807, 2.05) is 6.92 Å². The highest BCUT2D eigenvalue weighted by atomic mass is 35.5. The minimum Gasteiger partial charge on any atom is -0.497 e. The van der Waals surface area contributed by atoms with Gasteiger partial charge in [0, 0.05) is 18.6 Å². The fourth-order valence-corrected chi connectivity index (χ4v) is 5.55. The highest BCUT2D eigenvalue weighted by Gasteiger charge is 2.33. The number of benzene rings is 3. The molecule has 0 saturated heterocycles. The van der Waals surface area contributed by atoms with Crippen LogP contribution in [0.25, 0.3) is 0 Å². The van der Waals surface area contributed by atoms with Crippen molar-refractivity contribution in [1.29, 1.82) is 0 Å². The van der Waals surface area contributed by atoms with Crippen molar-refractivity contribution < 1.29 is 27.5 Å². The van der Waals surface area contributed by atoms with Crippen molar-refractivity contribution in [2.45, 2.75) is 31.3 Å². The topological polar surface area (TPSA) is 105 Å². The summed E-state index contributed by atoms with van der Waals surface area (Å²) in [6.07, 6.45) is 0.